The number of unbranched alkanes of at least 4 members (excludes halogenated alkanes) is 21. The van der Waals surface area contributed by atoms with E-state index in [1.807, 2.05) is 27.2 Å². The molecule has 0 saturated carbocycles. The summed E-state index contributed by atoms with van der Waals surface area (Å²) in [4.78, 5) is 37.6. The second kappa shape index (κ2) is 42.0. The van der Waals surface area contributed by atoms with Crippen molar-refractivity contribution in [2.45, 2.75) is 199 Å². The highest BCUT2D eigenvalue weighted by Gasteiger charge is 2.21. The summed E-state index contributed by atoms with van der Waals surface area (Å²) >= 11 is 0. The maximum absolute atomic E-state index is 12.7. The van der Waals surface area contributed by atoms with E-state index in [0.29, 0.717) is 23.9 Å². The monoisotopic (exact) mass is 864 g/mol. The molecule has 0 rings (SSSR count). The molecule has 0 heterocycles. The van der Waals surface area contributed by atoms with Gasteiger partial charge in [0.15, 0.2) is 6.10 Å². The number of carbonyl (C=O) groups excluding carboxylic acids is 2. The van der Waals surface area contributed by atoms with E-state index >= 15 is 0 Å². The van der Waals surface area contributed by atoms with E-state index < -0.39 is 32.5 Å². The molecule has 2 atom stereocenters. The van der Waals surface area contributed by atoms with Crippen molar-refractivity contribution < 1.29 is 42.1 Å². The lowest BCUT2D eigenvalue weighted by molar-refractivity contribution is -0.870. The number of phosphoric acid groups is 1. The summed E-state index contributed by atoms with van der Waals surface area (Å²) in [6, 6.07) is 0. The first-order valence-corrected chi connectivity index (χ1v) is 25.4. The number of hydrogen-bond donors (Lipinski definition) is 0. The van der Waals surface area contributed by atoms with Gasteiger partial charge in [-0.25, -0.2) is 0 Å². The van der Waals surface area contributed by atoms with Crippen LogP contribution in [-0.4, -0.2) is 70.0 Å². The highest BCUT2D eigenvalue weighted by molar-refractivity contribution is 7.45. The molecular weight excluding hydrogens is 774 g/mol. The number of likely N-dealkylation sites (N-methyl/N-ethyl adjacent to an activating group) is 1. The van der Waals surface area contributed by atoms with Crippen molar-refractivity contribution in [1.29, 1.82) is 0 Å². The average Bonchev–Trinajstić information content (AvgIpc) is 3.20. The molecule has 0 aromatic rings. The molecule has 0 spiro atoms. The van der Waals surface area contributed by atoms with Gasteiger partial charge in [0.25, 0.3) is 7.82 Å². The molecule has 0 bridgehead atoms. The normalized spacial score (nSPS) is 13.8. The molecule has 0 aromatic heterocycles. The maximum Gasteiger partial charge on any atom is 0.306 e. The van der Waals surface area contributed by atoms with Crippen LogP contribution in [0.2, 0.25) is 0 Å². The smallest absolute Gasteiger partial charge is 0.306 e. The molecule has 0 aliphatic heterocycles. The Balaban J connectivity index is 4.38. The zero-order chi connectivity index (χ0) is 44.3. The number of esters is 2. The van der Waals surface area contributed by atoms with Crippen LogP contribution >= 0.6 is 7.82 Å². The zero-order valence-electron chi connectivity index (χ0n) is 39.0. The molecule has 1 unspecified atom stereocenters. The quantitative estimate of drug-likeness (QED) is 0.0196. The number of rotatable bonds is 44. The summed E-state index contributed by atoms with van der Waals surface area (Å²) < 4.78 is 33.9. The van der Waals surface area contributed by atoms with Gasteiger partial charge in [-0.2, -0.15) is 0 Å². The number of carbonyl (C=O) groups is 2. The molecule has 0 N–H and O–H groups in total. The molecule has 0 saturated heterocycles. The molecule has 0 amide bonds. The molecule has 60 heavy (non-hydrogen) atoms. The molecule has 0 aromatic carbocycles. The Morgan fingerprint density at radius 2 is 1.00 bits per heavy atom. The predicted molar refractivity (Wildman–Crippen MR) is 250 cm³/mol. The van der Waals surface area contributed by atoms with Gasteiger partial charge in [-0.05, 0) is 64.2 Å². The van der Waals surface area contributed by atoms with Crippen LogP contribution in [0.25, 0.3) is 0 Å². The van der Waals surface area contributed by atoms with E-state index in [2.05, 4.69) is 62.1 Å². The zero-order valence-corrected chi connectivity index (χ0v) is 39.9. The van der Waals surface area contributed by atoms with Crippen LogP contribution in [0.4, 0.5) is 0 Å². The number of quaternary nitrogens is 1. The van der Waals surface area contributed by atoms with Gasteiger partial charge in [0.1, 0.15) is 19.8 Å². The number of ether oxygens (including phenoxy) is 2. The average molecular weight is 864 g/mol. The molecule has 0 radical (unpaired) electrons. The minimum absolute atomic E-state index is 0.0417. The van der Waals surface area contributed by atoms with Crippen molar-refractivity contribution in [2.75, 3.05) is 47.5 Å². The van der Waals surface area contributed by atoms with Crippen LogP contribution in [0.1, 0.15) is 193 Å². The third kappa shape index (κ3) is 45.2. The van der Waals surface area contributed by atoms with Gasteiger partial charge >= 0.3 is 11.9 Å². The fourth-order valence-electron chi connectivity index (χ4n) is 6.39. The molecule has 0 fully saturated rings. The summed E-state index contributed by atoms with van der Waals surface area (Å²) in [6.07, 6.45) is 50.1. The molecule has 0 aliphatic carbocycles. The van der Waals surface area contributed by atoms with Crippen LogP contribution < -0.4 is 4.89 Å². The van der Waals surface area contributed by atoms with Gasteiger partial charge in [0.2, 0.25) is 0 Å². The van der Waals surface area contributed by atoms with Gasteiger partial charge in [0, 0.05) is 12.8 Å². The highest BCUT2D eigenvalue weighted by Crippen LogP contribution is 2.38. The van der Waals surface area contributed by atoms with Crippen molar-refractivity contribution in [3.63, 3.8) is 0 Å². The standard InChI is InChI=1S/C50H90NO8P/c1-6-8-10-12-14-16-18-20-22-23-24-25-26-27-29-30-32-34-36-38-40-42-49(52)56-46-48(47-58-60(54,55)57-45-44-51(3,4)5)59-50(53)43-41-39-37-35-33-31-28-21-19-17-15-13-11-9-7-2/h7,22-23,25-26,29-30,34,36,48H,2,6,8-21,24,27-28,31-33,35,37-47H2,1,3-5H3/b23-22+,26-25+,30-29+,36-34+/t48-/m0/s1. The molecule has 10 heteroatoms. The second-order valence-electron chi connectivity index (χ2n) is 17.2. The minimum atomic E-state index is -4.64. The first-order valence-electron chi connectivity index (χ1n) is 24.0. The number of allylic oxidation sites excluding steroid dienone is 9. The Morgan fingerprint density at radius 3 is 1.50 bits per heavy atom. The van der Waals surface area contributed by atoms with Gasteiger partial charge in [-0.3, -0.25) is 14.2 Å². The van der Waals surface area contributed by atoms with Gasteiger partial charge in [0.05, 0.1) is 27.7 Å². The molecule has 348 valence electrons. The van der Waals surface area contributed by atoms with Crippen molar-refractivity contribution >= 4 is 19.8 Å². The van der Waals surface area contributed by atoms with Gasteiger partial charge in [-0.15, -0.1) is 6.58 Å². The Morgan fingerprint density at radius 1 is 0.567 bits per heavy atom. The van der Waals surface area contributed by atoms with E-state index in [4.69, 9.17) is 18.5 Å². The second-order valence-corrected chi connectivity index (χ2v) is 18.6. The van der Waals surface area contributed by atoms with Crippen molar-refractivity contribution in [2.24, 2.45) is 0 Å². The Kier molecular flexibility index (Phi) is 40.4. The van der Waals surface area contributed by atoms with E-state index in [0.717, 1.165) is 51.4 Å². The highest BCUT2D eigenvalue weighted by atomic mass is 31.2. The van der Waals surface area contributed by atoms with Gasteiger partial charge < -0.3 is 27.9 Å². The van der Waals surface area contributed by atoms with E-state index in [-0.39, 0.29) is 26.1 Å². The lowest BCUT2D eigenvalue weighted by Crippen LogP contribution is -2.37. The Hall–Kier alpha value is -2.29. The molecular formula is C50H90NO8P. The van der Waals surface area contributed by atoms with E-state index in [1.165, 1.54) is 109 Å². The fraction of sp³-hybridized carbons (Fsp3) is 0.760. The number of hydrogen-bond acceptors (Lipinski definition) is 8. The van der Waals surface area contributed by atoms with Crippen molar-refractivity contribution in [1.82, 2.24) is 0 Å². The van der Waals surface area contributed by atoms with Crippen molar-refractivity contribution in [3.8, 4) is 0 Å². The summed E-state index contributed by atoms with van der Waals surface area (Å²) in [5, 5.41) is 0. The Bertz CT molecular complexity index is 1190. The largest absolute Gasteiger partial charge is 0.756 e. The molecule has 9 nitrogen and oxygen atoms in total. The molecule has 0 aliphatic rings. The lowest BCUT2D eigenvalue weighted by Gasteiger charge is -2.28. The maximum atomic E-state index is 12.7. The van der Waals surface area contributed by atoms with Crippen LogP contribution in [0, 0.1) is 0 Å². The first-order chi connectivity index (χ1) is 29.0. The van der Waals surface area contributed by atoms with Crippen LogP contribution in [0.15, 0.2) is 61.3 Å². The van der Waals surface area contributed by atoms with Crippen molar-refractivity contribution in [3.05, 3.63) is 61.3 Å². The topological polar surface area (TPSA) is 111 Å². The summed E-state index contributed by atoms with van der Waals surface area (Å²) in [5.74, 6) is -0.903. The summed E-state index contributed by atoms with van der Waals surface area (Å²) in [5.41, 5.74) is 0. The first kappa shape index (κ1) is 57.7. The SMILES string of the molecule is C=CCCCCCCCCCCCCCCCC(=O)O[C@@H](COC(=O)CCC/C=C/C/C=C/C/C=C/C/C=C/CCCCCCCCC)COP(=O)([O-])OCC[N+](C)(C)C. The van der Waals surface area contributed by atoms with Crippen LogP contribution in [-0.2, 0) is 32.7 Å². The lowest BCUT2D eigenvalue weighted by atomic mass is 10.0. The van der Waals surface area contributed by atoms with E-state index in [9.17, 15) is 19.0 Å². The Labute approximate surface area is 368 Å². The van der Waals surface area contributed by atoms with Crippen LogP contribution in [0.5, 0.6) is 0 Å². The third-order valence-electron chi connectivity index (χ3n) is 10.2. The van der Waals surface area contributed by atoms with Gasteiger partial charge in [-0.1, -0.05) is 171 Å². The predicted octanol–water partition coefficient (Wildman–Crippen LogP) is 13.4. The van der Waals surface area contributed by atoms with E-state index in [1.54, 1.807) is 0 Å². The van der Waals surface area contributed by atoms with Crippen LogP contribution in [0.3, 0.4) is 0 Å². The third-order valence-corrected chi connectivity index (χ3v) is 11.1. The fourth-order valence-corrected chi connectivity index (χ4v) is 7.12. The number of nitrogens with zero attached hydrogens (tertiary/aromatic N) is 1. The summed E-state index contributed by atoms with van der Waals surface area (Å²) in [6.45, 7) is 5.69. The number of phosphoric ester groups is 1. The minimum Gasteiger partial charge on any atom is -0.756 e. The summed E-state index contributed by atoms with van der Waals surface area (Å²) in [7, 11) is 1.13.